The maximum absolute atomic E-state index is 13.0. The van der Waals surface area contributed by atoms with Crippen molar-refractivity contribution < 1.29 is 14.3 Å². The molecule has 0 N–H and O–H groups in total. The van der Waals surface area contributed by atoms with E-state index in [0.717, 1.165) is 12.8 Å². The molecule has 0 unspecified atom stereocenters. The summed E-state index contributed by atoms with van der Waals surface area (Å²) in [6.45, 7) is 9.19. The molecule has 1 saturated heterocycles. The Morgan fingerprint density at radius 2 is 2.00 bits per heavy atom. The summed E-state index contributed by atoms with van der Waals surface area (Å²) in [4.78, 5) is 47.5. The molecule has 2 amide bonds. The van der Waals surface area contributed by atoms with Crippen LogP contribution in [0.3, 0.4) is 0 Å². The molecule has 1 aliphatic rings. The lowest BCUT2D eigenvalue weighted by Gasteiger charge is -2.26. The number of carbonyl (C=O) groups is 2. The van der Waals surface area contributed by atoms with E-state index in [2.05, 4.69) is 11.9 Å². The maximum atomic E-state index is 13.0. The van der Waals surface area contributed by atoms with Crippen LogP contribution < -0.4 is 5.56 Å². The smallest absolute Gasteiger partial charge is 0.264 e. The van der Waals surface area contributed by atoms with Crippen LogP contribution in [0, 0.1) is 6.92 Å². The Kier molecular flexibility index (Phi) is 7.02. The van der Waals surface area contributed by atoms with Crippen LogP contribution in [-0.4, -0.2) is 70.6 Å². The fourth-order valence-corrected chi connectivity index (χ4v) is 4.54. The first kappa shape index (κ1) is 21.4. The summed E-state index contributed by atoms with van der Waals surface area (Å²) in [6.07, 6.45) is 3.36. The van der Waals surface area contributed by atoms with Crippen LogP contribution in [0.2, 0.25) is 0 Å². The number of nitrogens with zero attached hydrogens (tertiary/aromatic N) is 4. The number of hydrogen-bond acceptors (Lipinski definition) is 6. The first-order valence-electron chi connectivity index (χ1n) is 10.1. The molecular formula is C20H28N4O4S. The van der Waals surface area contributed by atoms with Gasteiger partial charge in [0.05, 0.1) is 29.8 Å². The monoisotopic (exact) mass is 420 g/mol. The highest BCUT2D eigenvalue weighted by atomic mass is 32.1. The van der Waals surface area contributed by atoms with Gasteiger partial charge in [-0.3, -0.25) is 19.0 Å². The highest BCUT2D eigenvalue weighted by molar-refractivity contribution is 7.20. The van der Waals surface area contributed by atoms with Crippen molar-refractivity contribution in [2.24, 2.45) is 0 Å². The number of amides is 2. The van der Waals surface area contributed by atoms with Crippen molar-refractivity contribution in [2.75, 3.05) is 39.4 Å². The number of hydrogen-bond donors (Lipinski definition) is 0. The minimum absolute atomic E-state index is 0.0576. The van der Waals surface area contributed by atoms with Crippen LogP contribution in [0.15, 0.2) is 11.1 Å². The molecule has 1 aliphatic heterocycles. The standard InChI is InChI=1S/C20H28N4O4S/c1-4-6-7-22(5-2)20(27)17-14(3)16-18(29-17)21-13-24(19(16)26)12-15(25)23-8-10-28-11-9-23/h13H,4-12H2,1-3H3. The van der Waals surface area contributed by atoms with Crippen molar-refractivity contribution in [3.05, 3.63) is 27.1 Å². The van der Waals surface area contributed by atoms with E-state index in [4.69, 9.17) is 4.74 Å². The lowest BCUT2D eigenvalue weighted by molar-refractivity contribution is -0.135. The maximum Gasteiger partial charge on any atom is 0.264 e. The molecule has 8 nitrogen and oxygen atoms in total. The van der Waals surface area contributed by atoms with Crippen molar-refractivity contribution in [1.29, 1.82) is 0 Å². The summed E-state index contributed by atoms with van der Waals surface area (Å²) in [6, 6.07) is 0. The normalized spacial score (nSPS) is 14.4. The molecule has 0 radical (unpaired) electrons. The molecule has 2 aromatic rings. The zero-order valence-corrected chi connectivity index (χ0v) is 18.1. The zero-order valence-electron chi connectivity index (χ0n) is 17.3. The number of fused-ring (bicyclic) bond motifs is 1. The van der Waals surface area contributed by atoms with Gasteiger partial charge >= 0.3 is 0 Å². The summed E-state index contributed by atoms with van der Waals surface area (Å²) in [7, 11) is 0. The quantitative estimate of drug-likeness (QED) is 0.683. The number of carbonyl (C=O) groups excluding carboxylic acids is 2. The molecular weight excluding hydrogens is 392 g/mol. The molecule has 0 bridgehead atoms. The van der Waals surface area contributed by atoms with Gasteiger partial charge in [0.1, 0.15) is 11.4 Å². The van der Waals surface area contributed by atoms with Crippen molar-refractivity contribution >= 4 is 33.4 Å². The second kappa shape index (κ2) is 9.49. The zero-order chi connectivity index (χ0) is 21.0. The van der Waals surface area contributed by atoms with E-state index in [1.165, 1.54) is 22.2 Å². The van der Waals surface area contributed by atoms with E-state index in [1.807, 2.05) is 11.8 Å². The average molecular weight is 421 g/mol. The highest BCUT2D eigenvalue weighted by Gasteiger charge is 2.24. The van der Waals surface area contributed by atoms with E-state index in [9.17, 15) is 14.4 Å². The van der Waals surface area contributed by atoms with Gasteiger partial charge in [0, 0.05) is 26.2 Å². The number of aryl methyl sites for hydroxylation is 1. The average Bonchev–Trinajstić information content (AvgIpc) is 3.08. The molecule has 0 atom stereocenters. The van der Waals surface area contributed by atoms with Crippen LogP contribution >= 0.6 is 11.3 Å². The van der Waals surface area contributed by atoms with E-state index in [1.54, 1.807) is 11.8 Å². The molecule has 2 aromatic heterocycles. The third kappa shape index (κ3) is 4.51. The first-order valence-corrected chi connectivity index (χ1v) is 10.9. The fraction of sp³-hybridized carbons (Fsp3) is 0.600. The number of morpholine rings is 1. The Balaban J connectivity index is 1.88. The number of rotatable bonds is 7. The van der Waals surface area contributed by atoms with Crippen LogP contribution in [0.1, 0.15) is 41.9 Å². The van der Waals surface area contributed by atoms with Crippen LogP contribution in [0.4, 0.5) is 0 Å². The molecule has 0 aromatic carbocycles. The fourth-order valence-electron chi connectivity index (χ4n) is 3.43. The lowest BCUT2D eigenvalue weighted by atomic mass is 10.2. The molecule has 1 fully saturated rings. The SMILES string of the molecule is CCCCN(CC)C(=O)c1sc2ncn(CC(=O)N3CCOCC3)c(=O)c2c1C. The second-order valence-electron chi connectivity index (χ2n) is 7.15. The minimum Gasteiger partial charge on any atom is -0.378 e. The van der Waals surface area contributed by atoms with Crippen molar-refractivity contribution in [1.82, 2.24) is 19.4 Å². The van der Waals surface area contributed by atoms with Crippen LogP contribution in [-0.2, 0) is 16.1 Å². The molecule has 0 aliphatic carbocycles. The van der Waals surface area contributed by atoms with E-state index in [0.29, 0.717) is 60.1 Å². The van der Waals surface area contributed by atoms with Gasteiger partial charge in [-0.1, -0.05) is 13.3 Å². The summed E-state index contributed by atoms with van der Waals surface area (Å²) in [5.41, 5.74) is 0.372. The van der Waals surface area contributed by atoms with Gasteiger partial charge in [0.2, 0.25) is 5.91 Å². The molecule has 0 saturated carbocycles. The predicted molar refractivity (Wildman–Crippen MR) is 113 cm³/mol. The molecule has 3 heterocycles. The molecule has 158 valence electrons. The van der Waals surface area contributed by atoms with Gasteiger partial charge in [-0.05, 0) is 25.8 Å². The van der Waals surface area contributed by atoms with Gasteiger partial charge in [-0.15, -0.1) is 11.3 Å². The predicted octanol–water partition coefficient (Wildman–Crippen LogP) is 1.89. The van der Waals surface area contributed by atoms with Crippen molar-refractivity contribution in [2.45, 2.75) is 40.2 Å². The molecule has 0 spiro atoms. The van der Waals surface area contributed by atoms with Gasteiger partial charge < -0.3 is 14.5 Å². The Labute approximate surface area is 174 Å². The van der Waals surface area contributed by atoms with Gasteiger partial charge in [0.15, 0.2) is 0 Å². The largest absolute Gasteiger partial charge is 0.378 e. The minimum atomic E-state index is -0.277. The van der Waals surface area contributed by atoms with E-state index >= 15 is 0 Å². The van der Waals surface area contributed by atoms with Crippen molar-refractivity contribution in [3.63, 3.8) is 0 Å². The highest BCUT2D eigenvalue weighted by Crippen LogP contribution is 2.28. The van der Waals surface area contributed by atoms with Gasteiger partial charge in [0.25, 0.3) is 11.5 Å². The summed E-state index contributed by atoms with van der Waals surface area (Å²) in [5, 5.41) is 0.433. The topological polar surface area (TPSA) is 84.7 Å². The Morgan fingerprint density at radius 3 is 2.66 bits per heavy atom. The summed E-state index contributed by atoms with van der Waals surface area (Å²) >= 11 is 1.25. The number of unbranched alkanes of at least 4 members (excludes halogenated alkanes) is 1. The van der Waals surface area contributed by atoms with Gasteiger partial charge in [-0.25, -0.2) is 4.98 Å². The molecule has 3 rings (SSSR count). The van der Waals surface area contributed by atoms with Crippen molar-refractivity contribution in [3.8, 4) is 0 Å². The Bertz CT molecular complexity index is 946. The van der Waals surface area contributed by atoms with Gasteiger partial charge in [-0.2, -0.15) is 0 Å². The Morgan fingerprint density at radius 1 is 1.28 bits per heavy atom. The van der Waals surface area contributed by atoms with Crippen LogP contribution in [0.5, 0.6) is 0 Å². The summed E-state index contributed by atoms with van der Waals surface area (Å²) in [5.74, 6) is -0.186. The lowest BCUT2D eigenvalue weighted by Crippen LogP contribution is -2.43. The Hall–Kier alpha value is -2.26. The summed E-state index contributed by atoms with van der Waals surface area (Å²) < 4.78 is 6.60. The third-order valence-corrected chi connectivity index (χ3v) is 6.42. The molecule has 29 heavy (non-hydrogen) atoms. The van der Waals surface area contributed by atoms with E-state index in [-0.39, 0.29) is 23.9 Å². The second-order valence-corrected chi connectivity index (χ2v) is 8.14. The van der Waals surface area contributed by atoms with Crippen LogP contribution in [0.25, 0.3) is 10.2 Å². The number of aromatic nitrogens is 2. The molecule has 9 heteroatoms. The number of thiophene rings is 1. The number of ether oxygens (including phenoxy) is 1. The van der Waals surface area contributed by atoms with E-state index < -0.39 is 0 Å². The first-order chi connectivity index (χ1) is 14.0. The third-order valence-electron chi connectivity index (χ3n) is 5.23.